The molecule has 18 heteroatoms. The highest BCUT2D eigenvalue weighted by atomic mass is 32.2. The normalized spacial score (nSPS) is 15.1. The summed E-state index contributed by atoms with van der Waals surface area (Å²) in [4.78, 5) is 0. The number of halogens is 16. The van der Waals surface area contributed by atoms with Crippen LogP contribution < -0.4 is 0 Å². The minimum Gasteiger partial charge on any atom is -0.418 e. The monoisotopic (exact) mass is 464 g/mol. The summed E-state index contributed by atoms with van der Waals surface area (Å²) < 4.78 is 191. The molecule has 0 saturated heterocycles. The Morgan fingerprint density at radius 1 is 0.667 bits per heavy atom. The van der Waals surface area contributed by atoms with Gasteiger partial charge in [0.15, 0.2) is 0 Å². The number of alkyl halides is 12. The van der Waals surface area contributed by atoms with Gasteiger partial charge in [0.2, 0.25) is 0 Å². The van der Waals surface area contributed by atoms with E-state index in [-0.39, 0.29) is 0 Å². The van der Waals surface area contributed by atoms with Crippen LogP contribution in [-0.4, -0.2) is 61.6 Å². The standard InChI is InChI=1S/C9H9F12S.BF4/c1-22(2)3-5(12,13)7(16,17)9(20,21)8(18,19)6(14,15)4(10)11;2-1(3,4)5/h4H,3H2,1-2H3;/q;-1. The van der Waals surface area contributed by atoms with Crippen LogP contribution in [0.25, 0.3) is 0 Å². The van der Waals surface area contributed by atoms with Crippen molar-refractivity contribution in [3.63, 3.8) is 0 Å². The van der Waals surface area contributed by atoms with Gasteiger partial charge in [-0.25, -0.2) is 19.7 Å². The topological polar surface area (TPSA) is 0 Å². The summed E-state index contributed by atoms with van der Waals surface area (Å²) in [6.45, 7) is 0. The largest absolute Gasteiger partial charge is 0.673 e. The third kappa shape index (κ3) is 6.40. The van der Waals surface area contributed by atoms with E-state index in [1.165, 1.54) is 0 Å². The summed E-state index contributed by atoms with van der Waals surface area (Å²) in [5.74, 6) is -36.6. The Bertz CT molecular complexity index is 463. The van der Waals surface area contributed by atoms with E-state index in [9.17, 15) is 69.9 Å². The average molecular weight is 464 g/mol. The van der Waals surface area contributed by atoms with Gasteiger partial charge in [0.05, 0.1) is 5.75 Å². The zero-order valence-corrected chi connectivity index (χ0v) is 13.6. The molecule has 0 atom stereocenters. The van der Waals surface area contributed by atoms with Crippen LogP contribution in [-0.2, 0) is 0 Å². The van der Waals surface area contributed by atoms with Gasteiger partial charge < -0.3 is 17.3 Å². The molecule has 0 saturated carbocycles. The zero-order chi connectivity index (χ0) is 22.9. The second-order valence-corrected chi connectivity index (χ2v) is 7.24. The molecule has 0 N–H and O–H groups in total. The van der Waals surface area contributed by atoms with Crippen molar-refractivity contribution in [3.8, 4) is 0 Å². The van der Waals surface area contributed by atoms with Crippen molar-refractivity contribution in [1.82, 2.24) is 0 Å². The molecular weight excluding hydrogens is 455 g/mol. The second-order valence-electron chi connectivity index (χ2n) is 4.98. The van der Waals surface area contributed by atoms with Crippen molar-refractivity contribution in [2.75, 3.05) is 18.3 Å². The van der Waals surface area contributed by atoms with Gasteiger partial charge in [-0.1, -0.05) is 0 Å². The quantitative estimate of drug-likeness (QED) is 0.309. The summed E-state index contributed by atoms with van der Waals surface area (Å²) >= 11 is 0. The Balaban J connectivity index is 0. The van der Waals surface area contributed by atoms with Crippen LogP contribution in [0.15, 0.2) is 0 Å². The summed E-state index contributed by atoms with van der Waals surface area (Å²) in [5, 5.41) is 0. The van der Waals surface area contributed by atoms with Gasteiger partial charge >= 0.3 is 43.3 Å². The molecule has 0 fully saturated rings. The van der Waals surface area contributed by atoms with E-state index in [1.54, 1.807) is 0 Å². The molecule has 0 bridgehead atoms. The van der Waals surface area contributed by atoms with Gasteiger partial charge in [-0.15, -0.1) is 0 Å². The molecular formula is C9H9BF16S-. The average Bonchev–Trinajstić information content (AvgIpc) is 2.33. The van der Waals surface area contributed by atoms with Crippen LogP contribution in [0.1, 0.15) is 0 Å². The van der Waals surface area contributed by atoms with Crippen molar-refractivity contribution in [2.24, 2.45) is 0 Å². The molecule has 0 aromatic carbocycles. The fourth-order valence-corrected chi connectivity index (χ4v) is 2.13. The summed E-state index contributed by atoms with van der Waals surface area (Å²) in [5.41, 5.74) is 0. The highest BCUT2D eigenvalue weighted by molar-refractivity contribution is 8.15. The van der Waals surface area contributed by atoms with E-state index in [4.69, 9.17) is 0 Å². The molecule has 0 rings (SSSR count). The van der Waals surface area contributed by atoms with Crippen molar-refractivity contribution >= 4 is 18.1 Å². The Labute approximate surface area is 143 Å². The van der Waals surface area contributed by atoms with E-state index in [2.05, 4.69) is 0 Å². The smallest absolute Gasteiger partial charge is 0.418 e. The zero-order valence-electron chi connectivity index (χ0n) is 12.8. The molecule has 0 aromatic heterocycles. The SMILES string of the molecule is C[S](C)CC(F)(F)C(F)(F)C(F)(F)C(F)(F)C(F)(F)C(F)F.F[B-](F)(F)F. The fraction of sp³-hybridized carbons (Fsp3) is 1.00. The highest BCUT2D eigenvalue weighted by Crippen LogP contribution is 2.58. The lowest BCUT2D eigenvalue weighted by molar-refractivity contribution is -0.409. The lowest BCUT2D eigenvalue weighted by Gasteiger charge is -2.39. The van der Waals surface area contributed by atoms with Crippen LogP contribution in [0.5, 0.6) is 0 Å². The first-order chi connectivity index (χ1) is 11.4. The Morgan fingerprint density at radius 3 is 1.19 bits per heavy atom. The molecule has 0 aliphatic rings. The first-order valence-corrected chi connectivity index (χ1v) is 8.16. The highest BCUT2D eigenvalue weighted by Gasteiger charge is 2.87. The minimum absolute atomic E-state index is 0.869. The maximum absolute atomic E-state index is 13.1. The van der Waals surface area contributed by atoms with Crippen molar-refractivity contribution < 1.29 is 69.9 Å². The van der Waals surface area contributed by atoms with Gasteiger partial charge in [-0.2, -0.15) is 43.9 Å². The summed E-state index contributed by atoms with van der Waals surface area (Å²) in [6, 6.07) is 0. The van der Waals surface area contributed by atoms with Crippen LogP contribution in [0.4, 0.5) is 69.9 Å². The van der Waals surface area contributed by atoms with E-state index in [0.717, 1.165) is 12.5 Å². The predicted octanol–water partition coefficient (Wildman–Crippen LogP) is 6.26. The molecule has 0 unspecified atom stereocenters. The molecule has 0 spiro atoms. The van der Waals surface area contributed by atoms with Gasteiger partial charge in [-0.05, 0) is 12.5 Å². The van der Waals surface area contributed by atoms with E-state index in [1.807, 2.05) is 0 Å². The maximum atomic E-state index is 13.1. The first-order valence-electron chi connectivity index (χ1n) is 5.95. The fourth-order valence-electron chi connectivity index (χ4n) is 1.23. The van der Waals surface area contributed by atoms with Crippen LogP contribution >= 0.6 is 10.9 Å². The van der Waals surface area contributed by atoms with Crippen LogP contribution in [0, 0.1) is 0 Å². The first kappa shape index (κ1) is 28.5. The van der Waals surface area contributed by atoms with Gasteiger partial charge in [0, 0.05) is 0 Å². The molecule has 0 heterocycles. The van der Waals surface area contributed by atoms with Crippen molar-refractivity contribution in [2.45, 2.75) is 36.0 Å². The third-order valence-corrected chi connectivity index (χ3v) is 3.35. The van der Waals surface area contributed by atoms with E-state index < -0.39 is 59.9 Å². The van der Waals surface area contributed by atoms with Gasteiger partial charge in [0.1, 0.15) is 0 Å². The molecule has 0 nitrogen and oxygen atoms in total. The Kier molecular flexibility index (Phi) is 8.81. The number of hydrogen-bond acceptors (Lipinski definition) is 0. The lowest BCUT2D eigenvalue weighted by Crippen LogP contribution is -2.69. The van der Waals surface area contributed by atoms with E-state index >= 15 is 0 Å². The number of rotatable bonds is 7. The van der Waals surface area contributed by atoms with Gasteiger partial charge in [0.25, 0.3) is 0 Å². The van der Waals surface area contributed by atoms with Crippen molar-refractivity contribution in [3.05, 3.63) is 0 Å². The predicted molar refractivity (Wildman–Crippen MR) is 65.2 cm³/mol. The van der Waals surface area contributed by atoms with Crippen molar-refractivity contribution in [1.29, 1.82) is 0 Å². The third-order valence-electron chi connectivity index (χ3n) is 2.41. The minimum atomic E-state index is -7.41. The van der Waals surface area contributed by atoms with Gasteiger partial charge in [-0.3, -0.25) is 0 Å². The van der Waals surface area contributed by atoms with Crippen LogP contribution in [0.3, 0.4) is 0 Å². The van der Waals surface area contributed by atoms with E-state index in [0.29, 0.717) is 0 Å². The second kappa shape index (κ2) is 8.35. The summed E-state index contributed by atoms with van der Waals surface area (Å²) in [6.07, 6.45) is -3.73. The Hall–Kier alpha value is -0.705. The molecule has 27 heavy (non-hydrogen) atoms. The molecule has 0 aliphatic carbocycles. The molecule has 167 valence electrons. The molecule has 0 amide bonds. The maximum Gasteiger partial charge on any atom is 0.673 e. The lowest BCUT2D eigenvalue weighted by atomic mass is 9.95. The molecule has 1 radical (unpaired) electrons. The Morgan fingerprint density at radius 2 is 0.963 bits per heavy atom. The van der Waals surface area contributed by atoms with Crippen LogP contribution in [0.2, 0.25) is 0 Å². The molecule has 0 aromatic rings. The molecule has 0 aliphatic heterocycles. The summed E-state index contributed by atoms with van der Waals surface area (Å²) in [7, 11) is -7.67. The number of hydrogen-bond donors (Lipinski definition) is 0.